The summed E-state index contributed by atoms with van der Waals surface area (Å²) in [4.78, 5) is 13.2. The van der Waals surface area contributed by atoms with Gasteiger partial charge in [-0.05, 0) is 50.8 Å². The van der Waals surface area contributed by atoms with Crippen molar-refractivity contribution in [2.24, 2.45) is 0 Å². The largest absolute Gasteiger partial charge is 0.397 e. The zero-order chi connectivity index (χ0) is 20.8. The van der Waals surface area contributed by atoms with E-state index in [9.17, 15) is 0 Å². The Hall–Kier alpha value is -3.68. The van der Waals surface area contributed by atoms with Crippen LogP contribution in [0.25, 0.3) is 22.0 Å². The normalized spacial score (nSPS) is 11.7. The van der Waals surface area contributed by atoms with E-state index in [1.54, 1.807) is 18.6 Å². The number of pyridine rings is 3. The van der Waals surface area contributed by atoms with E-state index in [0.29, 0.717) is 17.3 Å². The number of nitrogens with one attached hydrogen (secondary N) is 1. The van der Waals surface area contributed by atoms with Gasteiger partial charge in [0.2, 0.25) is 0 Å². The second-order valence-electron chi connectivity index (χ2n) is 8.03. The lowest BCUT2D eigenvalue weighted by Gasteiger charge is -2.18. The molecule has 0 fully saturated rings. The van der Waals surface area contributed by atoms with Crippen molar-refractivity contribution in [3.63, 3.8) is 0 Å². The summed E-state index contributed by atoms with van der Waals surface area (Å²) in [5, 5.41) is 9.52. The minimum Gasteiger partial charge on any atom is -0.397 e. The first-order valence-electron chi connectivity index (χ1n) is 9.32. The summed E-state index contributed by atoms with van der Waals surface area (Å²) >= 11 is 0. The van der Waals surface area contributed by atoms with Crippen molar-refractivity contribution in [1.29, 1.82) is 0 Å². The van der Waals surface area contributed by atoms with Crippen molar-refractivity contribution in [2.75, 3.05) is 16.8 Å². The highest BCUT2D eigenvalue weighted by Crippen LogP contribution is 2.30. The molecular formula is C21H24N8. The Kier molecular flexibility index (Phi) is 4.34. The summed E-state index contributed by atoms with van der Waals surface area (Å²) in [6.07, 6.45) is 7.04. The van der Waals surface area contributed by atoms with Gasteiger partial charge in [0.25, 0.3) is 0 Å². The summed E-state index contributed by atoms with van der Waals surface area (Å²) in [5.74, 6) is 1.82. The summed E-state index contributed by atoms with van der Waals surface area (Å²) in [7, 11) is 0. The van der Waals surface area contributed by atoms with E-state index in [0.717, 1.165) is 33.4 Å². The van der Waals surface area contributed by atoms with Crippen LogP contribution in [0.4, 0.5) is 23.1 Å². The summed E-state index contributed by atoms with van der Waals surface area (Å²) < 4.78 is 1.91. The monoisotopic (exact) mass is 388 g/mol. The molecule has 0 radical (unpaired) electrons. The Balaban J connectivity index is 1.73. The van der Waals surface area contributed by atoms with Crippen LogP contribution in [0.5, 0.6) is 0 Å². The van der Waals surface area contributed by atoms with Gasteiger partial charge in [-0.3, -0.25) is 9.67 Å². The Morgan fingerprint density at radius 3 is 2.55 bits per heavy atom. The van der Waals surface area contributed by atoms with Gasteiger partial charge in [-0.25, -0.2) is 9.97 Å². The fraction of sp³-hybridized carbons (Fsp3) is 0.238. The highest BCUT2D eigenvalue weighted by Gasteiger charge is 2.15. The van der Waals surface area contributed by atoms with E-state index in [1.165, 1.54) is 0 Å². The van der Waals surface area contributed by atoms with Gasteiger partial charge in [-0.15, -0.1) is 0 Å². The van der Waals surface area contributed by atoms with Crippen LogP contribution in [0.1, 0.15) is 26.3 Å². The zero-order valence-electron chi connectivity index (χ0n) is 16.9. The van der Waals surface area contributed by atoms with Crippen molar-refractivity contribution in [3.8, 4) is 11.3 Å². The quantitative estimate of drug-likeness (QED) is 0.487. The molecule has 0 unspecified atom stereocenters. The Morgan fingerprint density at radius 2 is 1.83 bits per heavy atom. The third-order valence-electron chi connectivity index (χ3n) is 4.81. The lowest BCUT2D eigenvalue weighted by Crippen LogP contribution is -2.22. The van der Waals surface area contributed by atoms with Crippen LogP contribution in [-0.4, -0.2) is 24.7 Å². The fourth-order valence-electron chi connectivity index (χ4n) is 3.08. The van der Waals surface area contributed by atoms with Crippen molar-refractivity contribution in [3.05, 3.63) is 48.5 Å². The highest BCUT2D eigenvalue weighted by atomic mass is 15.3. The predicted molar refractivity (Wildman–Crippen MR) is 117 cm³/mol. The molecule has 0 aliphatic carbocycles. The van der Waals surface area contributed by atoms with E-state index in [2.05, 4.69) is 46.1 Å². The van der Waals surface area contributed by atoms with Crippen molar-refractivity contribution >= 4 is 33.9 Å². The molecule has 4 heterocycles. The first-order chi connectivity index (χ1) is 13.7. The molecule has 0 aliphatic heterocycles. The molecular weight excluding hydrogens is 364 g/mol. The second-order valence-corrected chi connectivity index (χ2v) is 8.03. The smallest absolute Gasteiger partial charge is 0.153 e. The van der Waals surface area contributed by atoms with Gasteiger partial charge in [0.1, 0.15) is 11.6 Å². The fourth-order valence-corrected chi connectivity index (χ4v) is 3.08. The van der Waals surface area contributed by atoms with Gasteiger partial charge >= 0.3 is 0 Å². The molecule has 4 aromatic heterocycles. The van der Waals surface area contributed by atoms with Gasteiger partial charge in [-0.2, -0.15) is 5.10 Å². The number of hydrogen-bond donors (Lipinski definition) is 3. The van der Waals surface area contributed by atoms with E-state index in [1.807, 2.05) is 36.0 Å². The number of fused-ring (bicyclic) bond motifs is 1. The molecule has 5 N–H and O–H groups in total. The molecule has 148 valence electrons. The van der Waals surface area contributed by atoms with Gasteiger partial charge < -0.3 is 16.8 Å². The lowest BCUT2D eigenvalue weighted by atomic mass is 10.0. The number of hydrogen-bond acceptors (Lipinski definition) is 7. The minimum atomic E-state index is -0.0881. The first kappa shape index (κ1) is 18.7. The van der Waals surface area contributed by atoms with Crippen molar-refractivity contribution in [1.82, 2.24) is 24.7 Å². The lowest BCUT2D eigenvalue weighted by molar-refractivity contribution is 0.356. The van der Waals surface area contributed by atoms with Crippen LogP contribution >= 0.6 is 0 Å². The van der Waals surface area contributed by atoms with Gasteiger partial charge in [-0.1, -0.05) is 0 Å². The topological polar surface area (TPSA) is 121 Å². The molecule has 0 amide bonds. The first-order valence-corrected chi connectivity index (χ1v) is 9.32. The Labute approximate surface area is 169 Å². The molecule has 0 aliphatic rings. The summed E-state index contributed by atoms with van der Waals surface area (Å²) in [5.41, 5.74) is 15.2. The molecule has 0 spiro atoms. The number of anilines is 4. The van der Waals surface area contributed by atoms with E-state index < -0.39 is 0 Å². The van der Waals surface area contributed by atoms with Gasteiger partial charge in [0.15, 0.2) is 5.82 Å². The molecule has 0 aromatic carbocycles. The van der Waals surface area contributed by atoms with Gasteiger partial charge in [0.05, 0.1) is 23.1 Å². The molecule has 8 heteroatoms. The summed E-state index contributed by atoms with van der Waals surface area (Å²) in [6, 6.07) is 5.82. The van der Waals surface area contributed by atoms with Crippen LogP contribution in [0.3, 0.4) is 0 Å². The molecule has 4 rings (SSSR count). The number of nitrogens with two attached hydrogens (primary N) is 2. The van der Waals surface area contributed by atoms with Crippen LogP contribution < -0.4 is 16.8 Å². The van der Waals surface area contributed by atoms with Crippen LogP contribution in [0.15, 0.2) is 43.0 Å². The molecule has 0 saturated heterocycles. The molecule has 0 saturated carbocycles. The number of nitrogens with zero attached hydrogens (tertiary/aromatic N) is 5. The number of aromatic nitrogens is 5. The predicted octanol–water partition coefficient (Wildman–Crippen LogP) is 3.86. The molecule has 4 aromatic rings. The average Bonchev–Trinajstić information content (AvgIpc) is 3.12. The average molecular weight is 388 g/mol. The maximum Gasteiger partial charge on any atom is 0.153 e. The van der Waals surface area contributed by atoms with Crippen LogP contribution in [-0.2, 0) is 5.54 Å². The maximum atomic E-state index is 6.20. The second kappa shape index (κ2) is 6.73. The Bertz CT molecular complexity index is 1200. The SMILES string of the molecule is Cc1c(N)cncc1-c1cc2cc(Nc3ccn(C(C)(C)C)n3)ncc2c(N)n1. The number of nitrogen functional groups attached to an aromatic ring is 2. The molecule has 29 heavy (non-hydrogen) atoms. The third-order valence-corrected chi connectivity index (χ3v) is 4.81. The molecule has 8 nitrogen and oxygen atoms in total. The van der Waals surface area contributed by atoms with Crippen LogP contribution in [0.2, 0.25) is 0 Å². The van der Waals surface area contributed by atoms with Crippen LogP contribution in [0, 0.1) is 6.92 Å². The molecule has 0 atom stereocenters. The standard InChI is InChI=1S/C21H24N8/c1-12-14(9-24-11-16(12)22)17-7-13-8-19(25-10-15(13)20(23)26-17)27-18-5-6-29(28-18)21(2,3)4/h5-11H,22H2,1-4H3,(H2,23,26)(H,25,27,28). The maximum absolute atomic E-state index is 6.20. The van der Waals surface area contributed by atoms with Crippen molar-refractivity contribution in [2.45, 2.75) is 33.2 Å². The zero-order valence-corrected chi connectivity index (χ0v) is 16.9. The van der Waals surface area contributed by atoms with Gasteiger partial charge in [0, 0.05) is 35.6 Å². The van der Waals surface area contributed by atoms with E-state index in [4.69, 9.17) is 11.5 Å². The van der Waals surface area contributed by atoms with Crippen molar-refractivity contribution < 1.29 is 0 Å². The molecule has 0 bridgehead atoms. The minimum absolute atomic E-state index is 0.0881. The third kappa shape index (κ3) is 3.56. The Morgan fingerprint density at radius 1 is 1.03 bits per heavy atom. The van der Waals surface area contributed by atoms with E-state index >= 15 is 0 Å². The summed E-state index contributed by atoms with van der Waals surface area (Å²) in [6.45, 7) is 8.24. The number of rotatable bonds is 3. The van der Waals surface area contributed by atoms with E-state index in [-0.39, 0.29) is 5.54 Å². The highest BCUT2D eigenvalue weighted by molar-refractivity contribution is 5.95.